The van der Waals surface area contributed by atoms with E-state index in [1.807, 2.05) is 0 Å². The van der Waals surface area contributed by atoms with Crippen molar-refractivity contribution in [3.8, 4) is 6.07 Å². The van der Waals surface area contributed by atoms with E-state index in [9.17, 15) is 14.5 Å². The minimum Gasteiger partial charge on any atom is -0.382 e. The first kappa shape index (κ1) is 14.5. The van der Waals surface area contributed by atoms with Crippen molar-refractivity contribution in [1.29, 1.82) is 10.7 Å². The van der Waals surface area contributed by atoms with Crippen LogP contribution >= 0.6 is 15.9 Å². The molecule has 1 aromatic carbocycles. The third-order valence-corrected chi connectivity index (χ3v) is 2.49. The number of anilines is 1. The predicted octanol–water partition coefficient (Wildman–Crippen LogP) is 1.72. The zero-order chi connectivity index (χ0) is 14.6. The molecule has 98 valence electrons. The summed E-state index contributed by atoms with van der Waals surface area (Å²) in [7, 11) is 0. The van der Waals surface area contributed by atoms with Crippen LogP contribution in [0, 0.1) is 32.7 Å². The molecule has 8 nitrogen and oxygen atoms in total. The van der Waals surface area contributed by atoms with Crippen molar-refractivity contribution in [2.24, 2.45) is 10.8 Å². The highest BCUT2D eigenvalue weighted by Gasteiger charge is 2.17. The number of nitrogens with two attached hydrogens (primary N) is 1. The van der Waals surface area contributed by atoms with Gasteiger partial charge in [-0.15, -0.1) is 0 Å². The van der Waals surface area contributed by atoms with Crippen LogP contribution in [0.25, 0.3) is 0 Å². The molecule has 4 N–H and O–H groups in total. The zero-order valence-electron chi connectivity index (χ0n) is 9.15. The smallest absolute Gasteiger partial charge is 0.297 e. The number of nitro benzene ring substituents is 1. The molecule has 0 unspecified atom stereocenters. The summed E-state index contributed by atoms with van der Waals surface area (Å²) in [6.45, 7) is 0. The number of rotatable bonds is 4. The summed E-state index contributed by atoms with van der Waals surface area (Å²) >= 11 is 2.86. The van der Waals surface area contributed by atoms with Crippen molar-refractivity contribution in [3.05, 3.63) is 32.5 Å². The number of hydrazone groups is 1. The standard InChI is InChI=1S/C9H6BrFN6O2/c10-4-1-6(8(17(18)19)2-5(4)11)15-16-7(3-12)9(13)14/h1-2,15H,(H3,13,14)/b16-7+. The zero-order valence-corrected chi connectivity index (χ0v) is 10.7. The second-order valence-electron chi connectivity index (χ2n) is 3.14. The van der Waals surface area contributed by atoms with Gasteiger partial charge in [0.05, 0.1) is 15.5 Å². The second kappa shape index (κ2) is 5.87. The molecule has 0 aromatic heterocycles. The van der Waals surface area contributed by atoms with Gasteiger partial charge in [0.15, 0.2) is 5.84 Å². The summed E-state index contributed by atoms with van der Waals surface area (Å²) < 4.78 is 13.2. The molecule has 10 heteroatoms. The largest absolute Gasteiger partial charge is 0.382 e. The fourth-order valence-corrected chi connectivity index (χ4v) is 1.38. The van der Waals surface area contributed by atoms with E-state index in [1.54, 1.807) is 0 Å². The SMILES string of the molecule is N#C/C(=N\Nc1cc(Br)c(F)cc1[N+](=O)[O-])C(=N)N. The van der Waals surface area contributed by atoms with E-state index in [0.717, 1.165) is 6.07 Å². The van der Waals surface area contributed by atoms with Crippen LogP contribution < -0.4 is 11.2 Å². The topological polar surface area (TPSA) is 141 Å². The van der Waals surface area contributed by atoms with Gasteiger partial charge in [0.2, 0.25) is 5.71 Å². The molecule has 19 heavy (non-hydrogen) atoms. The summed E-state index contributed by atoms with van der Waals surface area (Å²) in [5.41, 5.74) is 6.09. The van der Waals surface area contributed by atoms with Crippen LogP contribution in [0.4, 0.5) is 15.8 Å². The predicted molar refractivity (Wildman–Crippen MR) is 69.3 cm³/mol. The van der Waals surface area contributed by atoms with Gasteiger partial charge in [-0.05, 0) is 22.0 Å². The van der Waals surface area contributed by atoms with Gasteiger partial charge in [0, 0.05) is 0 Å². The normalized spacial score (nSPS) is 10.7. The second-order valence-corrected chi connectivity index (χ2v) is 3.99. The minimum absolute atomic E-state index is 0.0165. The Labute approximate surface area is 114 Å². The van der Waals surface area contributed by atoms with Crippen molar-refractivity contribution in [2.45, 2.75) is 0 Å². The molecule has 0 fully saturated rings. The average Bonchev–Trinajstić information content (AvgIpc) is 2.33. The number of nitriles is 1. The van der Waals surface area contributed by atoms with Crippen LogP contribution in [0.15, 0.2) is 21.7 Å². The van der Waals surface area contributed by atoms with Gasteiger partial charge in [-0.2, -0.15) is 10.4 Å². The summed E-state index contributed by atoms with van der Waals surface area (Å²) in [5.74, 6) is -1.41. The molecule has 0 heterocycles. The molecule has 1 aromatic rings. The van der Waals surface area contributed by atoms with Crippen LogP contribution in [0.2, 0.25) is 0 Å². The van der Waals surface area contributed by atoms with Crippen molar-refractivity contribution in [1.82, 2.24) is 0 Å². The number of nitrogens with one attached hydrogen (secondary N) is 2. The van der Waals surface area contributed by atoms with Crippen LogP contribution in [0.5, 0.6) is 0 Å². The first-order valence-corrected chi connectivity index (χ1v) is 5.37. The Morgan fingerprint density at radius 3 is 2.79 bits per heavy atom. The third-order valence-electron chi connectivity index (χ3n) is 1.88. The number of amidine groups is 1. The van der Waals surface area contributed by atoms with Gasteiger partial charge in [-0.25, -0.2) is 4.39 Å². The molecule has 0 aliphatic rings. The summed E-state index contributed by atoms with van der Waals surface area (Å²) in [5, 5.41) is 29.8. The number of hydrogen-bond donors (Lipinski definition) is 3. The average molecular weight is 329 g/mol. The molecule has 0 saturated heterocycles. The Hall–Kier alpha value is -2.54. The number of nitro groups is 1. The molecule has 0 aliphatic heterocycles. The fourth-order valence-electron chi connectivity index (χ4n) is 1.04. The maximum atomic E-state index is 13.2. The highest BCUT2D eigenvalue weighted by atomic mass is 79.9. The lowest BCUT2D eigenvalue weighted by atomic mass is 10.2. The first-order chi connectivity index (χ1) is 8.86. The lowest BCUT2D eigenvalue weighted by Crippen LogP contribution is -2.22. The lowest BCUT2D eigenvalue weighted by molar-refractivity contribution is -0.384. The minimum atomic E-state index is -0.812. The molecule has 0 saturated carbocycles. The van der Waals surface area contributed by atoms with Crippen LogP contribution in [-0.2, 0) is 0 Å². The van der Waals surface area contributed by atoms with Crippen LogP contribution in [0.3, 0.4) is 0 Å². The van der Waals surface area contributed by atoms with E-state index >= 15 is 0 Å². The fraction of sp³-hybridized carbons (Fsp3) is 0. The first-order valence-electron chi connectivity index (χ1n) is 4.58. The molecule has 1 rings (SSSR count). The van der Waals surface area contributed by atoms with Crippen molar-refractivity contribution >= 4 is 38.9 Å². The molecule has 0 amide bonds. The quantitative estimate of drug-likeness (QED) is 0.334. The summed E-state index contributed by atoms with van der Waals surface area (Å²) in [6.07, 6.45) is 0. The Morgan fingerprint density at radius 1 is 1.68 bits per heavy atom. The number of halogens is 2. The Bertz CT molecular complexity index is 624. The molecule has 0 spiro atoms. The highest BCUT2D eigenvalue weighted by molar-refractivity contribution is 9.10. The molecule has 0 bridgehead atoms. The molecule has 0 radical (unpaired) electrons. The maximum Gasteiger partial charge on any atom is 0.297 e. The van der Waals surface area contributed by atoms with E-state index in [2.05, 4.69) is 26.5 Å². The van der Waals surface area contributed by atoms with Gasteiger partial charge in [-0.3, -0.25) is 20.9 Å². The molecule has 0 atom stereocenters. The number of benzene rings is 1. The third kappa shape index (κ3) is 3.46. The van der Waals surface area contributed by atoms with Gasteiger partial charge >= 0.3 is 0 Å². The van der Waals surface area contributed by atoms with Crippen molar-refractivity contribution < 1.29 is 9.31 Å². The summed E-state index contributed by atoms with van der Waals surface area (Å²) in [4.78, 5) is 9.92. The van der Waals surface area contributed by atoms with E-state index in [0.29, 0.717) is 6.07 Å². The van der Waals surface area contributed by atoms with E-state index < -0.39 is 28.0 Å². The Morgan fingerprint density at radius 2 is 2.32 bits per heavy atom. The number of hydrogen-bond acceptors (Lipinski definition) is 6. The Balaban J connectivity index is 3.21. The number of nitrogens with zero attached hydrogens (tertiary/aromatic N) is 3. The maximum absolute atomic E-state index is 13.2. The van der Waals surface area contributed by atoms with Crippen LogP contribution in [0.1, 0.15) is 0 Å². The van der Waals surface area contributed by atoms with Gasteiger partial charge in [0.25, 0.3) is 5.69 Å². The van der Waals surface area contributed by atoms with Gasteiger partial charge in [0.1, 0.15) is 17.6 Å². The molecular weight excluding hydrogens is 323 g/mol. The van der Waals surface area contributed by atoms with E-state index in [1.165, 1.54) is 6.07 Å². The highest BCUT2D eigenvalue weighted by Crippen LogP contribution is 2.30. The van der Waals surface area contributed by atoms with Gasteiger partial charge in [-0.1, -0.05) is 0 Å². The van der Waals surface area contributed by atoms with Gasteiger partial charge < -0.3 is 5.73 Å². The van der Waals surface area contributed by atoms with Crippen molar-refractivity contribution in [3.63, 3.8) is 0 Å². The van der Waals surface area contributed by atoms with Crippen LogP contribution in [-0.4, -0.2) is 16.5 Å². The molecule has 0 aliphatic carbocycles. The van der Waals surface area contributed by atoms with Crippen molar-refractivity contribution in [2.75, 3.05) is 5.43 Å². The monoisotopic (exact) mass is 328 g/mol. The lowest BCUT2D eigenvalue weighted by Gasteiger charge is -2.04. The summed E-state index contributed by atoms with van der Waals surface area (Å²) in [6, 6.07) is 3.31. The van der Waals surface area contributed by atoms with E-state index in [-0.39, 0.29) is 10.2 Å². The molecular formula is C9H6BrFN6O2. The van der Waals surface area contributed by atoms with E-state index in [4.69, 9.17) is 16.4 Å². The Kier molecular flexibility index (Phi) is 4.49.